The number of rotatable bonds is 6. The standard InChI is InChI=1S/C18H20INO3/c1-12-10-16(22-2)17(23-3)11-13(12)8-9-20-18(21)14-6-4-5-7-15(14)19/h4-7,10-11H,8-9H2,1-3H3,(H,20,21). The largest absolute Gasteiger partial charge is 0.493 e. The van der Waals surface area contributed by atoms with Gasteiger partial charge < -0.3 is 14.8 Å². The zero-order chi connectivity index (χ0) is 16.8. The summed E-state index contributed by atoms with van der Waals surface area (Å²) in [5, 5.41) is 2.97. The topological polar surface area (TPSA) is 47.6 Å². The van der Waals surface area contributed by atoms with Crippen LogP contribution in [0.3, 0.4) is 0 Å². The molecular formula is C18H20INO3. The van der Waals surface area contributed by atoms with Crippen molar-refractivity contribution in [1.82, 2.24) is 5.32 Å². The van der Waals surface area contributed by atoms with E-state index in [1.807, 2.05) is 43.3 Å². The second kappa shape index (κ2) is 8.19. The average Bonchev–Trinajstić information content (AvgIpc) is 2.56. The first kappa shape index (κ1) is 17.6. The van der Waals surface area contributed by atoms with E-state index in [1.165, 1.54) is 0 Å². The molecular weight excluding hydrogens is 405 g/mol. The molecule has 0 aromatic heterocycles. The van der Waals surface area contributed by atoms with Crippen LogP contribution in [0.4, 0.5) is 0 Å². The van der Waals surface area contributed by atoms with Crippen LogP contribution in [0, 0.1) is 10.5 Å². The van der Waals surface area contributed by atoms with Crippen LogP contribution in [0.25, 0.3) is 0 Å². The molecule has 0 radical (unpaired) electrons. The van der Waals surface area contributed by atoms with Crippen molar-refractivity contribution in [2.24, 2.45) is 0 Å². The van der Waals surface area contributed by atoms with Gasteiger partial charge >= 0.3 is 0 Å². The Morgan fingerprint density at radius 2 is 1.78 bits per heavy atom. The molecule has 2 aromatic rings. The monoisotopic (exact) mass is 425 g/mol. The summed E-state index contributed by atoms with van der Waals surface area (Å²) in [6, 6.07) is 11.5. The maximum Gasteiger partial charge on any atom is 0.252 e. The Morgan fingerprint density at radius 3 is 2.43 bits per heavy atom. The molecule has 0 spiro atoms. The number of nitrogens with one attached hydrogen (secondary N) is 1. The molecule has 0 bridgehead atoms. The molecule has 23 heavy (non-hydrogen) atoms. The number of ether oxygens (including phenoxy) is 2. The molecule has 2 rings (SSSR count). The average molecular weight is 425 g/mol. The number of carbonyl (C=O) groups is 1. The lowest BCUT2D eigenvalue weighted by Crippen LogP contribution is -2.26. The number of hydrogen-bond donors (Lipinski definition) is 1. The first-order chi connectivity index (χ1) is 11.1. The number of benzene rings is 2. The molecule has 2 aromatic carbocycles. The summed E-state index contributed by atoms with van der Waals surface area (Å²) < 4.78 is 11.6. The summed E-state index contributed by atoms with van der Waals surface area (Å²) in [6.07, 6.45) is 0.737. The maximum absolute atomic E-state index is 12.2. The summed E-state index contributed by atoms with van der Waals surface area (Å²) in [7, 11) is 3.24. The Labute approximate surface area is 150 Å². The highest BCUT2D eigenvalue weighted by Gasteiger charge is 2.11. The van der Waals surface area contributed by atoms with Crippen molar-refractivity contribution in [2.45, 2.75) is 13.3 Å². The minimum absolute atomic E-state index is 0.0480. The highest BCUT2D eigenvalue weighted by atomic mass is 127. The van der Waals surface area contributed by atoms with Crippen molar-refractivity contribution in [2.75, 3.05) is 20.8 Å². The molecule has 0 atom stereocenters. The minimum Gasteiger partial charge on any atom is -0.493 e. The van der Waals surface area contributed by atoms with Gasteiger partial charge in [0, 0.05) is 10.1 Å². The van der Waals surface area contributed by atoms with Crippen LogP contribution in [0.5, 0.6) is 11.5 Å². The molecule has 0 aliphatic carbocycles. The van der Waals surface area contributed by atoms with E-state index < -0.39 is 0 Å². The molecule has 0 saturated heterocycles. The fourth-order valence-electron chi connectivity index (χ4n) is 2.34. The first-order valence-electron chi connectivity index (χ1n) is 7.31. The summed E-state index contributed by atoms with van der Waals surface area (Å²) in [5.74, 6) is 1.38. The quantitative estimate of drug-likeness (QED) is 0.720. The Hall–Kier alpha value is -1.76. The van der Waals surface area contributed by atoms with Crippen LogP contribution in [0.1, 0.15) is 21.5 Å². The third-order valence-electron chi connectivity index (χ3n) is 3.64. The lowest BCUT2D eigenvalue weighted by atomic mass is 10.0. The molecule has 0 unspecified atom stereocenters. The zero-order valence-electron chi connectivity index (χ0n) is 13.5. The highest BCUT2D eigenvalue weighted by Crippen LogP contribution is 2.30. The third-order valence-corrected chi connectivity index (χ3v) is 4.58. The van der Waals surface area contributed by atoms with Crippen molar-refractivity contribution in [3.8, 4) is 11.5 Å². The molecule has 4 nitrogen and oxygen atoms in total. The van der Waals surface area contributed by atoms with Crippen LogP contribution in [0.15, 0.2) is 36.4 Å². The van der Waals surface area contributed by atoms with Gasteiger partial charge in [0.25, 0.3) is 5.91 Å². The normalized spacial score (nSPS) is 10.3. The van der Waals surface area contributed by atoms with E-state index in [9.17, 15) is 4.79 Å². The lowest BCUT2D eigenvalue weighted by molar-refractivity contribution is 0.0953. The first-order valence-corrected chi connectivity index (χ1v) is 8.39. The lowest BCUT2D eigenvalue weighted by Gasteiger charge is -2.13. The molecule has 0 heterocycles. The van der Waals surface area contributed by atoms with Gasteiger partial charge in [-0.15, -0.1) is 0 Å². The van der Waals surface area contributed by atoms with Crippen LogP contribution in [0.2, 0.25) is 0 Å². The van der Waals surface area contributed by atoms with Gasteiger partial charge in [0.2, 0.25) is 0 Å². The molecule has 122 valence electrons. The molecule has 1 N–H and O–H groups in total. The van der Waals surface area contributed by atoms with Gasteiger partial charge in [0.15, 0.2) is 11.5 Å². The Balaban J connectivity index is 2.01. The van der Waals surface area contributed by atoms with Crippen LogP contribution in [-0.4, -0.2) is 26.7 Å². The number of amides is 1. The van der Waals surface area contributed by atoms with Crippen molar-refractivity contribution >= 4 is 28.5 Å². The second-order valence-corrected chi connectivity index (χ2v) is 6.28. The van der Waals surface area contributed by atoms with Crippen LogP contribution < -0.4 is 14.8 Å². The maximum atomic E-state index is 12.2. The van der Waals surface area contributed by atoms with Crippen LogP contribution in [-0.2, 0) is 6.42 Å². The van der Waals surface area contributed by atoms with E-state index in [-0.39, 0.29) is 5.91 Å². The number of halogens is 1. The van der Waals surface area contributed by atoms with E-state index in [0.29, 0.717) is 17.9 Å². The van der Waals surface area contributed by atoms with E-state index in [4.69, 9.17) is 9.47 Å². The summed E-state index contributed by atoms with van der Waals surface area (Å²) in [6.45, 7) is 2.60. The van der Waals surface area contributed by atoms with Crippen molar-refractivity contribution in [3.63, 3.8) is 0 Å². The van der Waals surface area contributed by atoms with E-state index in [1.54, 1.807) is 14.2 Å². The van der Waals surface area contributed by atoms with Crippen molar-refractivity contribution in [1.29, 1.82) is 0 Å². The highest BCUT2D eigenvalue weighted by molar-refractivity contribution is 14.1. The summed E-state index contributed by atoms with van der Waals surface area (Å²) in [5.41, 5.74) is 2.95. The van der Waals surface area contributed by atoms with Gasteiger partial charge in [0.05, 0.1) is 19.8 Å². The Bertz CT molecular complexity index is 701. The van der Waals surface area contributed by atoms with Gasteiger partial charge in [-0.2, -0.15) is 0 Å². The molecule has 5 heteroatoms. The molecule has 0 aliphatic rings. The fourth-order valence-corrected chi connectivity index (χ4v) is 2.98. The third kappa shape index (κ3) is 4.37. The molecule has 0 fully saturated rings. The summed E-state index contributed by atoms with van der Waals surface area (Å²) >= 11 is 2.17. The van der Waals surface area contributed by atoms with Gasteiger partial charge in [-0.1, -0.05) is 12.1 Å². The zero-order valence-corrected chi connectivity index (χ0v) is 15.6. The molecule has 1 amide bonds. The van der Waals surface area contributed by atoms with Crippen molar-refractivity contribution < 1.29 is 14.3 Å². The number of hydrogen-bond acceptors (Lipinski definition) is 3. The second-order valence-electron chi connectivity index (χ2n) is 5.12. The SMILES string of the molecule is COc1cc(C)c(CCNC(=O)c2ccccc2I)cc1OC. The van der Waals surface area contributed by atoms with Crippen molar-refractivity contribution in [3.05, 3.63) is 56.7 Å². The van der Waals surface area contributed by atoms with E-state index >= 15 is 0 Å². The number of methoxy groups -OCH3 is 2. The van der Waals surface area contributed by atoms with Crippen LogP contribution >= 0.6 is 22.6 Å². The minimum atomic E-state index is -0.0480. The smallest absolute Gasteiger partial charge is 0.252 e. The Morgan fingerprint density at radius 1 is 1.13 bits per heavy atom. The van der Waals surface area contributed by atoms with E-state index in [0.717, 1.165) is 26.9 Å². The van der Waals surface area contributed by atoms with Gasteiger partial charge in [0.1, 0.15) is 0 Å². The predicted octanol–water partition coefficient (Wildman–Crippen LogP) is 3.59. The van der Waals surface area contributed by atoms with E-state index in [2.05, 4.69) is 27.9 Å². The van der Waals surface area contributed by atoms with Gasteiger partial charge in [-0.05, 0) is 71.3 Å². The molecule has 0 saturated carbocycles. The number of carbonyl (C=O) groups excluding carboxylic acids is 1. The fraction of sp³-hybridized carbons (Fsp3) is 0.278. The summed E-state index contributed by atoms with van der Waals surface area (Å²) in [4.78, 5) is 12.2. The van der Waals surface area contributed by atoms with Gasteiger partial charge in [-0.3, -0.25) is 4.79 Å². The van der Waals surface area contributed by atoms with Gasteiger partial charge in [-0.25, -0.2) is 0 Å². The number of aryl methyl sites for hydroxylation is 1. The Kier molecular flexibility index (Phi) is 6.27. The predicted molar refractivity (Wildman–Crippen MR) is 99.5 cm³/mol. The molecule has 0 aliphatic heterocycles.